The van der Waals surface area contributed by atoms with E-state index in [0.717, 1.165) is 6.26 Å². The number of sulfone groups is 1. The topological polar surface area (TPSA) is 51.2 Å². The van der Waals surface area contributed by atoms with Gasteiger partial charge in [0, 0.05) is 11.8 Å². The van der Waals surface area contributed by atoms with Crippen LogP contribution < -0.4 is 0 Å². The molecule has 1 aromatic rings. The third kappa shape index (κ3) is 2.08. The first-order chi connectivity index (χ1) is 5.96. The van der Waals surface area contributed by atoms with Crippen LogP contribution in [-0.4, -0.2) is 21.0 Å². The second-order valence-electron chi connectivity index (χ2n) is 2.55. The Balaban J connectivity index is 3.59. The molecule has 0 aliphatic carbocycles. The Morgan fingerprint density at radius 3 is 2.38 bits per heavy atom. The Labute approximate surface area is 81.3 Å². The van der Waals surface area contributed by atoms with E-state index in [1.807, 2.05) is 0 Å². The SMILES string of the molecule is CS(=O)(=O)c1c(Cl)cccc1C=O. The van der Waals surface area contributed by atoms with Crippen molar-refractivity contribution in [3.8, 4) is 0 Å². The van der Waals surface area contributed by atoms with Gasteiger partial charge in [-0.3, -0.25) is 4.79 Å². The molecule has 0 atom stereocenters. The van der Waals surface area contributed by atoms with Crippen molar-refractivity contribution in [1.29, 1.82) is 0 Å². The lowest BCUT2D eigenvalue weighted by Crippen LogP contribution is -2.02. The van der Waals surface area contributed by atoms with E-state index in [0.29, 0.717) is 6.29 Å². The Hall–Kier alpha value is -0.870. The van der Waals surface area contributed by atoms with Gasteiger partial charge in [-0.25, -0.2) is 8.42 Å². The molecule has 0 spiro atoms. The van der Waals surface area contributed by atoms with Crippen LogP contribution in [0, 0.1) is 0 Å². The molecule has 3 nitrogen and oxygen atoms in total. The normalized spacial score (nSPS) is 11.2. The maximum absolute atomic E-state index is 11.2. The molecule has 0 saturated heterocycles. The summed E-state index contributed by atoms with van der Waals surface area (Å²) in [6.07, 6.45) is 1.49. The van der Waals surface area contributed by atoms with Crippen LogP contribution in [0.3, 0.4) is 0 Å². The van der Waals surface area contributed by atoms with Gasteiger partial charge >= 0.3 is 0 Å². The molecule has 0 aliphatic heterocycles. The predicted octanol–water partition coefficient (Wildman–Crippen LogP) is 1.56. The quantitative estimate of drug-likeness (QED) is 0.708. The zero-order valence-corrected chi connectivity index (χ0v) is 8.39. The van der Waals surface area contributed by atoms with E-state index in [1.165, 1.54) is 18.2 Å². The Morgan fingerprint density at radius 2 is 2.00 bits per heavy atom. The molecular weight excluding hydrogens is 212 g/mol. The summed E-state index contributed by atoms with van der Waals surface area (Å²) in [5.41, 5.74) is 0.0926. The first-order valence-corrected chi connectivity index (χ1v) is 5.67. The minimum atomic E-state index is -3.44. The van der Waals surface area contributed by atoms with Crippen LogP contribution >= 0.6 is 11.6 Å². The average molecular weight is 219 g/mol. The minimum Gasteiger partial charge on any atom is -0.298 e. The van der Waals surface area contributed by atoms with E-state index < -0.39 is 9.84 Å². The van der Waals surface area contributed by atoms with Crippen LogP contribution in [0.1, 0.15) is 10.4 Å². The van der Waals surface area contributed by atoms with Crippen LogP contribution in [-0.2, 0) is 9.84 Å². The first kappa shape index (κ1) is 10.2. The highest BCUT2D eigenvalue weighted by Gasteiger charge is 2.16. The number of halogens is 1. The van der Waals surface area contributed by atoms with Crippen molar-refractivity contribution < 1.29 is 13.2 Å². The summed E-state index contributed by atoms with van der Waals surface area (Å²) < 4.78 is 22.4. The highest BCUT2D eigenvalue weighted by Crippen LogP contribution is 2.23. The molecule has 0 fully saturated rings. The maximum Gasteiger partial charge on any atom is 0.177 e. The van der Waals surface area contributed by atoms with Crippen molar-refractivity contribution >= 4 is 27.7 Å². The van der Waals surface area contributed by atoms with Crippen LogP contribution in [0.4, 0.5) is 0 Å². The summed E-state index contributed by atoms with van der Waals surface area (Å²) >= 11 is 5.65. The van der Waals surface area contributed by atoms with Crippen molar-refractivity contribution in [2.45, 2.75) is 4.90 Å². The number of benzene rings is 1. The van der Waals surface area contributed by atoms with Crippen molar-refractivity contribution in [3.63, 3.8) is 0 Å². The van der Waals surface area contributed by atoms with Gasteiger partial charge < -0.3 is 0 Å². The van der Waals surface area contributed by atoms with E-state index in [1.54, 1.807) is 0 Å². The van der Waals surface area contributed by atoms with E-state index in [2.05, 4.69) is 0 Å². The molecule has 5 heteroatoms. The highest BCUT2D eigenvalue weighted by molar-refractivity contribution is 7.91. The number of carbonyl (C=O) groups excluding carboxylic acids is 1. The van der Waals surface area contributed by atoms with E-state index in [-0.39, 0.29) is 15.5 Å². The van der Waals surface area contributed by atoms with E-state index >= 15 is 0 Å². The molecule has 0 unspecified atom stereocenters. The first-order valence-electron chi connectivity index (χ1n) is 3.40. The highest BCUT2D eigenvalue weighted by atomic mass is 35.5. The fourth-order valence-electron chi connectivity index (χ4n) is 1.01. The monoisotopic (exact) mass is 218 g/mol. The fraction of sp³-hybridized carbons (Fsp3) is 0.125. The molecule has 1 aromatic carbocycles. The van der Waals surface area contributed by atoms with E-state index in [9.17, 15) is 13.2 Å². The van der Waals surface area contributed by atoms with Gasteiger partial charge in [0.2, 0.25) is 0 Å². The third-order valence-electron chi connectivity index (χ3n) is 1.50. The zero-order valence-electron chi connectivity index (χ0n) is 6.82. The second-order valence-corrected chi connectivity index (χ2v) is 4.91. The third-order valence-corrected chi connectivity index (χ3v) is 3.12. The molecule has 0 N–H and O–H groups in total. The molecule has 0 bridgehead atoms. The molecule has 0 saturated carbocycles. The smallest absolute Gasteiger partial charge is 0.177 e. The van der Waals surface area contributed by atoms with Gasteiger partial charge in [0.25, 0.3) is 0 Å². The lowest BCUT2D eigenvalue weighted by Gasteiger charge is -2.03. The Bertz CT molecular complexity index is 437. The molecule has 0 aromatic heterocycles. The van der Waals surface area contributed by atoms with Gasteiger partial charge in [-0.15, -0.1) is 0 Å². The minimum absolute atomic E-state index is 0.0760. The zero-order chi connectivity index (χ0) is 10.1. The molecule has 1 rings (SSSR count). The van der Waals surface area contributed by atoms with Crippen LogP contribution in [0.25, 0.3) is 0 Å². The molecule has 0 aliphatic rings. The Morgan fingerprint density at radius 1 is 1.38 bits per heavy atom. The Kier molecular flexibility index (Phi) is 2.73. The number of hydrogen-bond acceptors (Lipinski definition) is 3. The van der Waals surface area contributed by atoms with E-state index in [4.69, 9.17) is 11.6 Å². The summed E-state index contributed by atoms with van der Waals surface area (Å²) in [6.45, 7) is 0. The van der Waals surface area contributed by atoms with Gasteiger partial charge in [0.1, 0.15) is 0 Å². The van der Waals surface area contributed by atoms with Gasteiger partial charge in [0.05, 0.1) is 9.92 Å². The summed E-state index contributed by atoms with van der Waals surface area (Å²) in [5, 5.41) is 0.0760. The van der Waals surface area contributed by atoms with Crippen molar-refractivity contribution in [3.05, 3.63) is 28.8 Å². The van der Waals surface area contributed by atoms with Crippen LogP contribution in [0.5, 0.6) is 0 Å². The van der Waals surface area contributed by atoms with Crippen molar-refractivity contribution in [2.24, 2.45) is 0 Å². The van der Waals surface area contributed by atoms with Crippen LogP contribution in [0.15, 0.2) is 23.1 Å². The number of rotatable bonds is 2. The lowest BCUT2D eigenvalue weighted by molar-refractivity contribution is 0.112. The van der Waals surface area contributed by atoms with Crippen molar-refractivity contribution in [1.82, 2.24) is 0 Å². The standard InChI is InChI=1S/C8H7ClO3S/c1-13(11,12)8-6(5-10)3-2-4-7(8)9/h2-5H,1H3. The average Bonchev–Trinajstić information content (AvgIpc) is 2.01. The maximum atomic E-state index is 11.2. The molecule has 0 heterocycles. The van der Waals surface area contributed by atoms with Crippen LogP contribution in [0.2, 0.25) is 5.02 Å². The number of hydrogen-bond donors (Lipinski definition) is 0. The molecule has 0 amide bonds. The summed E-state index contributed by atoms with van der Waals surface area (Å²) in [6, 6.07) is 4.38. The van der Waals surface area contributed by atoms with Gasteiger partial charge in [-0.2, -0.15) is 0 Å². The molecule has 70 valence electrons. The molecular formula is C8H7ClO3S. The van der Waals surface area contributed by atoms with Gasteiger partial charge in [-0.05, 0) is 6.07 Å². The lowest BCUT2D eigenvalue weighted by atomic mass is 10.2. The molecule has 13 heavy (non-hydrogen) atoms. The predicted molar refractivity (Wildman–Crippen MR) is 49.9 cm³/mol. The summed E-state index contributed by atoms with van der Waals surface area (Å²) in [4.78, 5) is 10.4. The summed E-state index contributed by atoms with van der Waals surface area (Å²) in [7, 11) is -3.44. The fourth-order valence-corrected chi connectivity index (χ4v) is 2.58. The van der Waals surface area contributed by atoms with Gasteiger partial charge in [-0.1, -0.05) is 23.7 Å². The summed E-state index contributed by atoms with van der Waals surface area (Å²) in [5.74, 6) is 0. The van der Waals surface area contributed by atoms with Crippen molar-refractivity contribution in [2.75, 3.05) is 6.26 Å². The largest absolute Gasteiger partial charge is 0.298 e. The number of carbonyl (C=O) groups is 1. The van der Waals surface area contributed by atoms with Gasteiger partial charge in [0.15, 0.2) is 16.1 Å². The second kappa shape index (κ2) is 3.47. The molecule has 0 radical (unpaired) electrons. The number of aldehydes is 1.